The molecule has 18 heavy (non-hydrogen) atoms. The Morgan fingerprint density at radius 2 is 2.28 bits per heavy atom. The van der Waals surface area contributed by atoms with E-state index in [1.54, 1.807) is 11.8 Å². The summed E-state index contributed by atoms with van der Waals surface area (Å²) in [5.74, 6) is 0.159. The smallest absolute Gasteiger partial charge is 0.241 e. The molecule has 1 aromatic rings. The molecule has 0 fully saturated rings. The highest BCUT2D eigenvalue weighted by Crippen LogP contribution is 2.39. The van der Waals surface area contributed by atoms with Crippen molar-refractivity contribution in [3.63, 3.8) is 0 Å². The van der Waals surface area contributed by atoms with E-state index >= 15 is 0 Å². The Morgan fingerprint density at radius 3 is 2.94 bits per heavy atom. The van der Waals surface area contributed by atoms with Crippen molar-refractivity contribution in [2.75, 3.05) is 25.2 Å². The molecule has 98 valence electrons. The summed E-state index contributed by atoms with van der Waals surface area (Å²) in [6.07, 6.45) is 0.842. The van der Waals surface area contributed by atoms with Crippen molar-refractivity contribution in [3.05, 3.63) is 23.8 Å². The Hall–Kier alpha value is -1.04. The first kappa shape index (κ1) is 13.4. The van der Waals surface area contributed by atoms with Crippen LogP contribution in [-0.4, -0.2) is 31.4 Å². The van der Waals surface area contributed by atoms with Crippen molar-refractivity contribution in [1.29, 1.82) is 0 Å². The molecule has 1 unspecified atom stereocenters. The van der Waals surface area contributed by atoms with Crippen LogP contribution in [0, 0.1) is 0 Å². The average Bonchev–Trinajstić information content (AvgIpc) is 2.36. The van der Waals surface area contributed by atoms with Crippen LogP contribution < -0.4 is 16.0 Å². The number of benzene rings is 1. The number of carbonyl (C=O) groups excluding carboxylic acids is 1. The second kappa shape index (κ2) is 5.73. The van der Waals surface area contributed by atoms with Crippen LogP contribution in [0.25, 0.3) is 0 Å². The first-order valence-electron chi connectivity index (χ1n) is 6.13. The topological polar surface area (TPSA) is 58.4 Å². The summed E-state index contributed by atoms with van der Waals surface area (Å²) in [5.41, 5.74) is 7.77. The summed E-state index contributed by atoms with van der Waals surface area (Å²) < 4.78 is 0. The quantitative estimate of drug-likeness (QED) is 0.858. The Labute approximate surface area is 112 Å². The molecule has 2 rings (SSSR count). The van der Waals surface area contributed by atoms with Crippen molar-refractivity contribution in [3.8, 4) is 0 Å². The summed E-state index contributed by atoms with van der Waals surface area (Å²) in [4.78, 5) is 15.2. The third kappa shape index (κ3) is 2.53. The number of nitrogens with zero attached hydrogens (tertiary/aromatic N) is 1. The molecule has 5 heteroatoms. The molecular weight excluding hydrogens is 246 g/mol. The van der Waals surface area contributed by atoms with Crippen LogP contribution in [0.15, 0.2) is 23.1 Å². The fraction of sp³-hybridized carbons (Fsp3) is 0.462. The number of carbonyl (C=O) groups is 1. The van der Waals surface area contributed by atoms with Gasteiger partial charge in [0.05, 0.1) is 17.6 Å². The summed E-state index contributed by atoms with van der Waals surface area (Å²) in [7, 11) is 1.85. The molecule has 0 aliphatic carbocycles. The Kier molecular flexibility index (Phi) is 4.27. The predicted octanol–water partition coefficient (Wildman–Crippen LogP) is 1.19. The first-order chi connectivity index (χ1) is 8.67. The van der Waals surface area contributed by atoms with Gasteiger partial charge in [0.2, 0.25) is 5.91 Å². The molecule has 1 heterocycles. The van der Waals surface area contributed by atoms with Crippen LogP contribution in [0.1, 0.15) is 12.5 Å². The summed E-state index contributed by atoms with van der Waals surface area (Å²) >= 11 is 1.63. The molecule has 1 amide bonds. The highest BCUT2D eigenvalue weighted by molar-refractivity contribution is 8.00. The van der Waals surface area contributed by atoms with Gasteiger partial charge in [-0.3, -0.25) is 9.69 Å². The molecule has 0 bridgehead atoms. The van der Waals surface area contributed by atoms with Gasteiger partial charge in [0.1, 0.15) is 0 Å². The van der Waals surface area contributed by atoms with Gasteiger partial charge in [-0.25, -0.2) is 0 Å². The van der Waals surface area contributed by atoms with E-state index in [2.05, 4.69) is 23.5 Å². The average molecular weight is 265 g/mol. The fourth-order valence-corrected chi connectivity index (χ4v) is 3.14. The maximum Gasteiger partial charge on any atom is 0.241 e. The zero-order valence-corrected chi connectivity index (χ0v) is 11.6. The van der Waals surface area contributed by atoms with Gasteiger partial charge in [0.25, 0.3) is 0 Å². The van der Waals surface area contributed by atoms with Crippen LogP contribution in [-0.2, 0) is 11.2 Å². The molecule has 1 aliphatic rings. The van der Waals surface area contributed by atoms with Crippen LogP contribution in [0.2, 0.25) is 0 Å². The lowest BCUT2D eigenvalue weighted by atomic mass is 10.1. The zero-order valence-electron chi connectivity index (χ0n) is 10.8. The van der Waals surface area contributed by atoms with Crippen LogP contribution in [0.5, 0.6) is 0 Å². The van der Waals surface area contributed by atoms with E-state index in [0.29, 0.717) is 13.2 Å². The van der Waals surface area contributed by atoms with Crippen molar-refractivity contribution in [2.45, 2.75) is 23.5 Å². The SMILES string of the molecule is CNCN1C(=O)C(C)Sc2ccc(CCN)cc21. The van der Waals surface area contributed by atoms with Crippen LogP contribution in [0.3, 0.4) is 0 Å². The number of anilines is 1. The molecule has 0 saturated carbocycles. The molecule has 0 aromatic heterocycles. The minimum Gasteiger partial charge on any atom is -0.330 e. The summed E-state index contributed by atoms with van der Waals surface area (Å²) in [6, 6.07) is 6.27. The minimum absolute atomic E-state index is 0.0220. The normalized spacial score (nSPS) is 18.9. The number of fused-ring (bicyclic) bond motifs is 1. The van der Waals surface area contributed by atoms with E-state index in [1.165, 1.54) is 5.56 Å². The standard InChI is InChI=1S/C13H19N3OS/c1-9-13(17)16(8-15-2)11-7-10(5-6-14)3-4-12(11)18-9/h3-4,7,9,15H,5-6,8,14H2,1-2H3. The number of amides is 1. The maximum absolute atomic E-state index is 12.2. The molecule has 1 aliphatic heterocycles. The highest BCUT2D eigenvalue weighted by Gasteiger charge is 2.30. The molecule has 4 nitrogen and oxygen atoms in total. The van der Waals surface area contributed by atoms with E-state index in [1.807, 2.05) is 18.9 Å². The summed E-state index contributed by atoms with van der Waals surface area (Å²) in [6.45, 7) is 3.12. The van der Waals surface area contributed by atoms with E-state index in [9.17, 15) is 4.79 Å². The largest absolute Gasteiger partial charge is 0.330 e. The number of nitrogens with one attached hydrogen (secondary N) is 1. The first-order valence-corrected chi connectivity index (χ1v) is 7.01. The second-order valence-electron chi connectivity index (χ2n) is 4.38. The van der Waals surface area contributed by atoms with E-state index in [0.717, 1.165) is 17.0 Å². The van der Waals surface area contributed by atoms with Gasteiger partial charge in [0.15, 0.2) is 0 Å². The van der Waals surface area contributed by atoms with Crippen LogP contribution in [0.4, 0.5) is 5.69 Å². The molecule has 0 saturated heterocycles. The van der Waals surface area contributed by atoms with Crippen molar-refractivity contribution in [1.82, 2.24) is 5.32 Å². The summed E-state index contributed by atoms with van der Waals surface area (Å²) in [5, 5.41) is 3.03. The van der Waals surface area contributed by atoms with Gasteiger partial charge in [-0.05, 0) is 44.6 Å². The monoisotopic (exact) mass is 265 g/mol. The number of hydrogen-bond acceptors (Lipinski definition) is 4. The third-order valence-corrected chi connectivity index (χ3v) is 4.14. The number of thioether (sulfide) groups is 1. The van der Waals surface area contributed by atoms with Gasteiger partial charge < -0.3 is 11.1 Å². The lowest BCUT2D eigenvalue weighted by molar-refractivity contribution is -0.118. The molecule has 0 radical (unpaired) electrons. The number of rotatable bonds is 4. The maximum atomic E-state index is 12.2. The molecule has 3 N–H and O–H groups in total. The molecule has 0 spiro atoms. The molecule has 1 atom stereocenters. The van der Waals surface area contributed by atoms with Gasteiger partial charge in [-0.15, -0.1) is 11.8 Å². The van der Waals surface area contributed by atoms with E-state index in [-0.39, 0.29) is 11.2 Å². The zero-order chi connectivity index (χ0) is 13.1. The third-order valence-electron chi connectivity index (χ3n) is 2.98. The van der Waals surface area contributed by atoms with Crippen molar-refractivity contribution >= 4 is 23.4 Å². The highest BCUT2D eigenvalue weighted by atomic mass is 32.2. The lowest BCUT2D eigenvalue weighted by Crippen LogP contribution is -2.44. The molecule has 1 aromatic carbocycles. The van der Waals surface area contributed by atoms with Gasteiger partial charge in [-0.1, -0.05) is 6.07 Å². The number of hydrogen-bond donors (Lipinski definition) is 2. The minimum atomic E-state index is -0.0220. The predicted molar refractivity (Wildman–Crippen MR) is 75.9 cm³/mol. The number of nitrogens with two attached hydrogens (primary N) is 1. The van der Waals surface area contributed by atoms with Gasteiger partial charge in [-0.2, -0.15) is 0 Å². The van der Waals surface area contributed by atoms with Crippen LogP contribution >= 0.6 is 11.8 Å². The van der Waals surface area contributed by atoms with Crippen molar-refractivity contribution in [2.24, 2.45) is 5.73 Å². The van der Waals surface area contributed by atoms with E-state index < -0.39 is 0 Å². The van der Waals surface area contributed by atoms with Gasteiger partial charge >= 0.3 is 0 Å². The Morgan fingerprint density at radius 1 is 1.50 bits per heavy atom. The van der Waals surface area contributed by atoms with Gasteiger partial charge in [0, 0.05) is 4.90 Å². The fourth-order valence-electron chi connectivity index (χ4n) is 2.10. The molecular formula is C13H19N3OS. The van der Waals surface area contributed by atoms with Crippen molar-refractivity contribution < 1.29 is 4.79 Å². The lowest BCUT2D eigenvalue weighted by Gasteiger charge is -2.32. The second-order valence-corrected chi connectivity index (χ2v) is 5.76. The Balaban J connectivity index is 2.38. The van der Waals surface area contributed by atoms with E-state index in [4.69, 9.17) is 5.73 Å². The Bertz CT molecular complexity index is 450.